The molecule has 2 aliphatic rings. The van der Waals surface area contributed by atoms with Crippen LogP contribution in [-0.2, 0) is 0 Å². The molecule has 21 heavy (non-hydrogen) atoms. The van der Waals surface area contributed by atoms with Crippen molar-refractivity contribution in [2.24, 2.45) is 5.92 Å². The number of rotatable bonds is 3. The van der Waals surface area contributed by atoms with E-state index in [1.54, 1.807) is 12.4 Å². The monoisotopic (exact) mass is 289 g/mol. The molecule has 3 heterocycles. The van der Waals surface area contributed by atoms with Gasteiger partial charge < -0.3 is 9.80 Å². The number of nitrogens with zero attached hydrogens (tertiary/aromatic N) is 3. The number of aromatic nitrogens is 1. The van der Waals surface area contributed by atoms with Gasteiger partial charge in [-0.15, -0.1) is 0 Å². The van der Waals surface area contributed by atoms with E-state index in [2.05, 4.69) is 34.8 Å². The second-order valence-corrected chi connectivity index (χ2v) is 6.21. The van der Waals surface area contributed by atoms with Gasteiger partial charge in [0.15, 0.2) is 0 Å². The third-order valence-electron chi connectivity index (χ3n) is 4.39. The van der Waals surface area contributed by atoms with Gasteiger partial charge in [-0.2, -0.15) is 0 Å². The van der Waals surface area contributed by atoms with Crippen molar-refractivity contribution in [2.45, 2.75) is 18.5 Å². The van der Waals surface area contributed by atoms with E-state index in [0.717, 1.165) is 26.1 Å². The van der Waals surface area contributed by atoms with Gasteiger partial charge in [-0.05, 0) is 38.6 Å². The molecule has 114 valence electrons. The summed E-state index contributed by atoms with van der Waals surface area (Å²) in [6, 6.07) is 4.43. The summed E-state index contributed by atoms with van der Waals surface area (Å²) in [4.78, 5) is 20.6. The molecule has 3 unspecified atom stereocenters. The first-order chi connectivity index (χ1) is 10.1. The van der Waals surface area contributed by atoms with Crippen LogP contribution in [0.15, 0.2) is 24.5 Å². The molecule has 2 fully saturated rings. The highest BCUT2D eigenvalue weighted by atomic mass is 16.2. The van der Waals surface area contributed by atoms with Crippen molar-refractivity contribution >= 4 is 5.91 Å². The highest BCUT2D eigenvalue weighted by Crippen LogP contribution is 2.26. The summed E-state index contributed by atoms with van der Waals surface area (Å²) in [7, 11) is 4.19. The first-order valence-corrected chi connectivity index (χ1v) is 7.50. The Morgan fingerprint density at radius 1 is 1.48 bits per heavy atom. The summed E-state index contributed by atoms with van der Waals surface area (Å²) >= 11 is 0. The first kappa shape index (κ1) is 14.4. The van der Waals surface area contributed by atoms with Crippen molar-refractivity contribution in [3.05, 3.63) is 30.1 Å². The number of amides is 1. The summed E-state index contributed by atoms with van der Waals surface area (Å²) in [6.45, 7) is 2.60. The van der Waals surface area contributed by atoms with Gasteiger partial charge >= 0.3 is 0 Å². The van der Waals surface area contributed by atoms with E-state index in [1.807, 2.05) is 17.0 Å². The molecule has 0 aliphatic carbocycles. The summed E-state index contributed by atoms with van der Waals surface area (Å²) < 4.78 is 0. The summed E-state index contributed by atoms with van der Waals surface area (Å²) in [6.07, 6.45) is 4.37. The number of likely N-dealkylation sites (N-methyl/N-ethyl adjacent to an activating group) is 1. The van der Waals surface area contributed by atoms with Gasteiger partial charge in [0.05, 0.1) is 5.56 Å². The minimum Gasteiger partial charge on any atom is -0.337 e. The summed E-state index contributed by atoms with van der Waals surface area (Å²) in [5, 5.41) is 0. The molecule has 6 nitrogen and oxygen atoms in total. The van der Waals surface area contributed by atoms with Gasteiger partial charge in [-0.1, -0.05) is 0 Å². The Morgan fingerprint density at radius 2 is 2.33 bits per heavy atom. The number of piperidine rings is 1. The Kier molecular flexibility index (Phi) is 4.19. The fraction of sp³-hybridized carbons (Fsp3) is 0.600. The number of hydrogen-bond acceptors (Lipinski definition) is 5. The number of pyridine rings is 1. The largest absolute Gasteiger partial charge is 0.337 e. The van der Waals surface area contributed by atoms with Crippen molar-refractivity contribution in [3.8, 4) is 0 Å². The van der Waals surface area contributed by atoms with Crippen LogP contribution in [-0.4, -0.2) is 66.5 Å². The van der Waals surface area contributed by atoms with Crippen molar-refractivity contribution in [1.82, 2.24) is 25.6 Å². The zero-order valence-corrected chi connectivity index (χ0v) is 12.6. The Bertz CT molecular complexity index is 492. The first-order valence-electron chi connectivity index (χ1n) is 7.50. The smallest absolute Gasteiger partial charge is 0.255 e. The molecule has 0 aromatic carbocycles. The number of carbonyl (C=O) groups excluding carboxylic acids is 1. The maximum absolute atomic E-state index is 12.5. The van der Waals surface area contributed by atoms with Gasteiger partial charge in [0, 0.05) is 44.1 Å². The Balaban J connectivity index is 1.63. The van der Waals surface area contributed by atoms with E-state index in [0.29, 0.717) is 23.6 Å². The normalized spacial score (nSPS) is 28.7. The van der Waals surface area contributed by atoms with E-state index < -0.39 is 0 Å². The second-order valence-electron chi connectivity index (χ2n) is 6.21. The standard InChI is InChI=1S/C15H23N5O/c1-19(2)9-13-12-5-7-20(10-14(12)18-17-13)15(21)11-4-3-6-16-8-11/h3-4,6,8,12-14,17-18H,5,7,9-10H2,1-2H3. The quantitative estimate of drug-likeness (QED) is 0.817. The highest BCUT2D eigenvalue weighted by Gasteiger charge is 2.40. The number of nitrogens with one attached hydrogen (secondary N) is 2. The highest BCUT2D eigenvalue weighted by molar-refractivity contribution is 5.94. The molecule has 1 amide bonds. The molecule has 0 spiro atoms. The van der Waals surface area contributed by atoms with Gasteiger partial charge in [0.2, 0.25) is 0 Å². The van der Waals surface area contributed by atoms with Gasteiger partial charge in [0.25, 0.3) is 5.91 Å². The minimum absolute atomic E-state index is 0.0828. The number of carbonyl (C=O) groups is 1. The zero-order chi connectivity index (χ0) is 14.8. The molecule has 6 heteroatoms. The summed E-state index contributed by atoms with van der Waals surface area (Å²) in [5.74, 6) is 0.671. The average molecular weight is 289 g/mol. The predicted octanol–water partition coefficient (Wildman–Crippen LogP) is -0.0497. The van der Waals surface area contributed by atoms with Crippen LogP contribution in [0.2, 0.25) is 0 Å². The van der Waals surface area contributed by atoms with Crippen LogP contribution >= 0.6 is 0 Å². The van der Waals surface area contributed by atoms with Gasteiger partial charge in [-0.25, -0.2) is 0 Å². The SMILES string of the molecule is CN(C)CC1NNC2CN(C(=O)c3cccnc3)CCC12. The molecule has 3 atom stereocenters. The Morgan fingerprint density at radius 3 is 3.05 bits per heavy atom. The van der Waals surface area contributed by atoms with E-state index >= 15 is 0 Å². The number of hydrogen-bond donors (Lipinski definition) is 2. The molecule has 0 bridgehead atoms. The number of likely N-dealkylation sites (tertiary alicyclic amines) is 1. The fourth-order valence-electron chi connectivity index (χ4n) is 3.36. The maximum Gasteiger partial charge on any atom is 0.255 e. The van der Waals surface area contributed by atoms with Crippen molar-refractivity contribution in [2.75, 3.05) is 33.7 Å². The van der Waals surface area contributed by atoms with Gasteiger partial charge in [-0.3, -0.25) is 20.6 Å². The van der Waals surface area contributed by atoms with E-state index in [4.69, 9.17) is 0 Å². The van der Waals surface area contributed by atoms with Crippen LogP contribution in [0.4, 0.5) is 0 Å². The number of fused-ring (bicyclic) bond motifs is 1. The van der Waals surface area contributed by atoms with Crippen molar-refractivity contribution in [1.29, 1.82) is 0 Å². The molecule has 0 radical (unpaired) electrons. The lowest BCUT2D eigenvalue weighted by atomic mass is 9.87. The van der Waals surface area contributed by atoms with Crippen molar-refractivity contribution < 1.29 is 4.79 Å². The minimum atomic E-state index is 0.0828. The van der Waals surface area contributed by atoms with E-state index in [1.165, 1.54) is 0 Å². The van der Waals surface area contributed by atoms with Crippen LogP contribution in [0.1, 0.15) is 16.8 Å². The molecule has 3 rings (SSSR count). The third-order valence-corrected chi connectivity index (χ3v) is 4.39. The van der Waals surface area contributed by atoms with Crippen LogP contribution in [0.5, 0.6) is 0 Å². The lowest BCUT2D eigenvalue weighted by Gasteiger charge is -2.36. The average Bonchev–Trinajstić information content (AvgIpc) is 2.89. The lowest BCUT2D eigenvalue weighted by Crippen LogP contribution is -2.50. The second kappa shape index (κ2) is 6.09. The van der Waals surface area contributed by atoms with Gasteiger partial charge in [0.1, 0.15) is 0 Å². The Hall–Kier alpha value is -1.50. The molecule has 1 aromatic heterocycles. The molecule has 2 aliphatic heterocycles. The van der Waals surface area contributed by atoms with Crippen molar-refractivity contribution in [3.63, 3.8) is 0 Å². The zero-order valence-electron chi connectivity index (χ0n) is 12.6. The van der Waals surface area contributed by atoms with Crippen LogP contribution < -0.4 is 10.9 Å². The predicted molar refractivity (Wildman–Crippen MR) is 80.6 cm³/mol. The third kappa shape index (κ3) is 3.07. The van der Waals surface area contributed by atoms with Crippen LogP contribution in [0.25, 0.3) is 0 Å². The lowest BCUT2D eigenvalue weighted by molar-refractivity contribution is 0.0659. The maximum atomic E-state index is 12.5. The van der Waals surface area contributed by atoms with E-state index in [-0.39, 0.29) is 5.91 Å². The van der Waals surface area contributed by atoms with E-state index in [9.17, 15) is 4.79 Å². The molecule has 2 saturated heterocycles. The number of hydrazine groups is 1. The van der Waals surface area contributed by atoms with Crippen LogP contribution in [0, 0.1) is 5.92 Å². The molecular weight excluding hydrogens is 266 g/mol. The molecular formula is C15H23N5O. The molecule has 1 aromatic rings. The Labute approximate surface area is 125 Å². The molecule has 2 N–H and O–H groups in total. The molecule has 0 saturated carbocycles. The topological polar surface area (TPSA) is 60.5 Å². The summed E-state index contributed by atoms with van der Waals surface area (Å²) in [5.41, 5.74) is 7.42. The fourth-order valence-corrected chi connectivity index (χ4v) is 3.36. The van der Waals surface area contributed by atoms with Crippen LogP contribution in [0.3, 0.4) is 0 Å².